The number of hydrogen-bond acceptors (Lipinski definition) is 5. The Labute approximate surface area is 136 Å². The maximum Gasteiger partial charge on any atom is 0.316 e. The van der Waals surface area contributed by atoms with Gasteiger partial charge in [-0.1, -0.05) is 0 Å². The van der Waals surface area contributed by atoms with Gasteiger partial charge in [-0.05, 0) is 33.8 Å². The second kappa shape index (κ2) is 9.00. The van der Waals surface area contributed by atoms with E-state index in [0.29, 0.717) is 6.61 Å². The van der Waals surface area contributed by atoms with Crippen LogP contribution in [0.2, 0.25) is 0 Å². The number of carbonyl (C=O) groups excluding carboxylic acids is 2. The SMILES string of the molecule is COCCn1c(C)cc(C(=O)CSCC(=O)OC(C)C)c1C. The standard InChI is InChI=1S/C16H25NO4S/c1-11(2)21-16(19)10-22-9-15(18)14-8-12(3)17(13(14)4)6-7-20-5/h8,11H,6-7,9-10H2,1-5H3. The van der Waals surface area contributed by atoms with Crippen molar-refractivity contribution in [1.82, 2.24) is 4.57 Å². The van der Waals surface area contributed by atoms with Gasteiger partial charge in [0.25, 0.3) is 0 Å². The summed E-state index contributed by atoms with van der Waals surface area (Å²) in [6.45, 7) is 8.88. The molecule has 0 fully saturated rings. The number of aromatic nitrogens is 1. The lowest BCUT2D eigenvalue weighted by Crippen LogP contribution is -2.15. The van der Waals surface area contributed by atoms with Crippen molar-refractivity contribution in [3.63, 3.8) is 0 Å². The molecule has 1 heterocycles. The predicted molar refractivity (Wildman–Crippen MR) is 88.7 cm³/mol. The van der Waals surface area contributed by atoms with Crippen LogP contribution in [0, 0.1) is 13.8 Å². The largest absolute Gasteiger partial charge is 0.462 e. The number of esters is 1. The highest BCUT2D eigenvalue weighted by atomic mass is 32.2. The molecule has 0 aliphatic carbocycles. The van der Waals surface area contributed by atoms with Crippen molar-refractivity contribution in [2.45, 2.75) is 40.3 Å². The minimum Gasteiger partial charge on any atom is -0.462 e. The molecule has 1 aromatic rings. The third-order valence-corrected chi connectivity index (χ3v) is 4.12. The fraction of sp³-hybridized carbons (Fsp3) is 0.625. The van der Waals surface area contributed by atoms with Crippen molar-refractivity contribution in [3.05, 3.63) is 23.0 Å². The average Bonchev–Trinajstić information content (AvgIpc) is 2.71. The molecule has 0 amide bonds. The van der Waals surface area contributed by atoms with Gasteiger partial charge in [0, 0.05) is 30.6 Å². The Bertz CT molecular complexity index is 522. The number of ketones is 1. The molecule has 0 spiro atoms. The minimum atomic E-state index is -0.279. The van der Waals surface area contributed by atoms with E-state index in [0.717, 1.165) is 23.5 Å². The molecule has 5 nitrogen and oxygen atoms in total. The summed E-state index contributed by atoms with van der Waals surface area (Å²) in [4.78, 5) is 23.7. The molecule has 0 N–H and O–H groups in total. The number of thioether (sulfide) groups is 1. The van der Waals surface area contributed by atoms with E-state index < -0.39 is 0 Å². The molecule has 0 atom stereocenters. The lowest BCUT2D eigenvalue weighted by atomic mass is 10.2. The van der Waals surface area contributed by atoms with Gasteiger partial charge in [-0.2, -0.15) is 0 Å². The third-order valence-electron chi connectivity index (χ3n) is 3.21. The zero-order valence-corrected chi connectivity index (χ0v) is 14.8. The molecule has 0 radical (unpaired) electrons. The molecule has 1 aromatic heterocycles. The summed E-state index contributed by atoms with van der Waals surface area (Å²) in [6, 6.07) is 1.90. The van der Waals surface area contributed by atoms with Crippen LogP contribution in [0.1, 0.15) is 35.6 Å². The number of carbonyl (C=O) groups is 2. The Morgan fingerprint density at radius 2 is 1.95 bits per heavy atom. The number of ether oxygens (including phenoxy) is 2. The molecule has 124 valence electrons. The Morgan fingerprint density at radius 1 is 1.27 bits per heavy atom. The van der Waals surface area contributed by atoms with Crippen LogP contribution >= 0.6 is 11.8 Å². The van der Waals surface area contributed by atoms with Crippen LogP contribution in [0.15, 0.2) is 6.07 Å². The van der Waals surface area contributed by atoms with Gasteiger partial charge in [-0.3, -0.25) is 9.59 Å². The van der Waals surface area contributed by atoms with E-state index in [2.05, 4.69) is 4.57 Å². The van der Waals surface area contributed by atoms with Gasteiger partial charge in [0.1, 0.15) is 0 Å². The number of methoxy groups -OCH3 is 1. The molecule has 0 aliphatic heterocycles. The van der Waals surface area contributed by atoms with Crippen molar-refractivity contribution < 1.29 is 19.1 Å². The van der Waals surface area contributed by atoms with Crippen molar-refractivity contribution in [2.24, 2.45) is 0 Å². The van der Waals surface area contributed by atoms with Crippen LogP contribution in [-0.4, -0.2) is 47.6 Å². The van der Waals surface area contributed by atoms with Gasteiger partial charge in [0.05, 0.1) is 24.2 Å². The lowest BCUT2D eigenvalue weighted by molar-refractivity contribution is -0.144. The number of aryl methyl sites for hydroxylation is 1. The van der Waals surface area contributed by atoms with Gasteiger partial charge in [-0.25, -0.2) is 0 Å². The van der Waals surface area contributed by atoms with Crippen LogP contribution in [0.4, 0.5) is 0 Å². The maximum atomic E-state index is 12.3. The summed E-state index contributed by atoms with van der Waals surface area (Å²) in [5.41, 5.74) is 2.71. The van der Waals surface area contributed by atoms with Crippen LogP contribution < -0.4 is 0 Å². The number of rotatable bonds is 9. The van der Waals surface area contributed by atoms with Crippen LogP contribution in [0.5, 0.6) is 0 Å². The summed E-state index contributed by atoms with van der Waals surface area (Å²) in [5, 5.41) is 0. The first kappa shape index (κ1) is 18.8. The summed E-state index contributed by atoms with van der Waals surface area (Å²) >= 11 is 1.29. The van der Waals surface area contributed by atoms with E-state index in [-0.39, 0.29) is 29.4 Å². The number of Topliss-reactive ketones (excluding diaryl/α,β-unsaturated/α-hetero) is 1. The molecule has 0 saturated carbocycles. The maximum absolute atomic E-state index is 12.3. The van der Waals surface area contributed by atoms with E-state index in [1.165, 1.54) is 11.8 Å². The second-order valence-corrected chi connectivity index (χ2v) is 6.37. The quantitative estimate of drug-likeness (QED) is 0.515. The van der Waals surface area contributed by atoms with E-state index >= 15 is 0 Å². The smallest absolute Gasteiger partial charge is 0.316 e. The van der Waals surface area contributed by atoms with Crippen molar-refractivity contribution in [3.8, 4) is 0 Å². The minimum absolute atomic E-state index is 0.0408. The summed E-state index contributed by atoms with van der Waals surface area (Å²) < 4.78 is 12.2. The van der Waals surface area contributed by atoms with Crippen LogP contribution in [-0.2, 0) is 20.8 Å². The zero-order chi connectivity index (χ0) is 16.7. The van der Waals surface area contributed by atoms with E-state index in [4.69, 9.17) is 9.47 Å². The molecule has 6 heteroatoms. The average molecular weight is 327 g/mol. The molecular formula is C16H25NO4S. The molecule has 0 bridgehead atoms. The molecule has 1 rings (SSSR count). The Kier molecular flexibility index (Phi) is 7.68. The molecule has 0 saturated heterocycles. The van der Waals surface area contributed by atoms with Crippen molar-refractivity contribution >= 4 is 23.5 Å². The number of hydrogen-bond donors (Lipinski definition) is 0. The molecular weight excluding hydrogens is 302 g/mol. The summed E-state index contributed by atoms with van der Waals surface area (Å²) in [6.07, 6.45) is -0.122. The van der Waals surface area contributed by atoms with Gasteiger partial charge in [0.2, 0.25) is 0 Å². The first-order valence-corrected chi connectivity index (χ1v) is 8.48. The predicted octanol–water partition coefficient (Wildman–Crippen LogP) is 2.62. The monoisotopic (exact) mass is 327 g/mol. The number of nitrogens with zero attached hydrogens (tertiary/aromatic N) is 1. The van der Waals surface area contributed by atoms with Crippen LogP contribution in [0.25, 0.3) is 0 Å². The lowest BCUT2D eigenvalue weighted by Gasteiger charge is -2.09. The molecule has 0 aromatic carbocycles. The normalized spacial score (nSPS) is 11.0. The van der Waals surface area contributed by atoms with Crippen molar-refractivity contribution in [2.75, 3.05) is 25.2 Å². The topological polar surface area (TPSA) is 57.5 Å². The molecule has 0 unspecified atom stereocenters. The fourth-order valence-corrected chi connectivity index (χ4v) is 2.89. The Morgan fingerprint density at radius 3 is 2.55 bits per heavy atom. The Hall–Kier alpha value is -1.27. The van der Waals surface area contributed by atoms with E-state index in [9.17, 15) is 9.59 Å². The molecule has 0 aliphatic rings. The van der Waals surface area contributed by atoms with Gasteiger partial charge >= 0.3 is 5.97 Å². The fourth-order valence-electron chi connectivity index (χ4n) is 2.21. The first-order valence-electron chi connectivity index (χ1n) is 7.32. The first-order chi connectivity index (χ1) is 10.4. The second-order valence-electron chi connectivity index (χ2n) is 5.38. The highest BCUT2D eigenvalue weighted by molar-refractivity contribution is 8.00. The highest BCUT2D eigenvalue weighted by Gasteiger charge is 2.16. The van der Waals surface area contributed by atoms with Crippen molar-refractivity contribution in [1.29, 1.82) is 0 Å². The van der Waals surface area contributed by atoms with Gasteiger partial charge in [0.15, 0.2) is 5.78 Å². The van der Waals surface area contributed by atoms with Crippen LogP contribution in [0.3, 0.4) is 0 Å². The summed E-state index contributed by atoms with van der Waals surface area (Å²) in [7, 11) is 1.66. The highest BCUT2D eigenvalue weighted by Crippen LogP contribution is 2.17. The third kappa shape index (κ3) is 5.50. The van der Waals surface area contributed by atoms with Gasteiger partial charge < -0.3 is 14.0 Å². The van der Waals surface area contributed by atoms with E-state index in [1.807, 2.05) is 33.8 Å². The summed E-state index contributed by atoms with van der Waals surface area (Å²) in [5.74, 6) is 0.242. The molecule has 22 heavy (non-hydrogen) atoms. The zero-order valence-electron chi connectivity index (χ0n) is 14.0. The van der Waals surface area contributed by atoms with E-state index in [1.54, 1.807) is 7.11 Å². The Balaban J connectivity index is 2.57. The van der Waals surface area contributed by atoms with Gasteiger partial charge in [-0.15, -0.1) is 11.8 Å².